The maximum absolute atomic E-state index is 11.3. The highest BCUT2D eigenvalue weighted by Crippen LogP contribution is 2.20. The number of hydrogen-bond donors (Lipinski definition) is 0. The Morgan fingerprint density at radius 1 is 1.19 bits per heavy atom. The third-order valence-electron chi connectivity index (χ3n) is 2.20. The monoisotopic (exact) mass is 232 g/mol. The van der Waals surface area contributed by atoms with Crippen LogP contribution in [0.2, 0.25) is 5.15 Å². The molecule has 3 nitrogen and oxygen atoms in total. The second-order valence-corrected chi connectivity index (χ2v) is 3.71. The summed E-state index contributed by atoms with van der Waals surface area (Å²) in [5.41, 5.74) is 1.96. The molecule has 0 aliphatic rings. The van der Waals surface area contributed by atoms with Gasteiger partial charge in [0.25, 0.3) is 0 Å². The Labute approximate surface area is 98.1 Å². The minimum Gasteiger partial charge on any atom is -0.294 e. The number of rotatable bonds is 2. The highest BCUT2D eigenvalue weighted by Gasteiger charge is 2.10. The predicted molar refractivity (Wildman–Crippen MR) is 62.5 cm³/mol. The van der Waals surface area contributed by atoms with Gasteiger partial charge in [-0.25, -0.2) is 0 Å². The van der Waals surface area contributed by atoms with Crippen LogP contribution < -0.4 is 0 Å². The molecule has 0 fully saturated rings. The Bertz CT molecular complexity index is 526. The van der Waals surface area contributed by atoms with Gasteiger partial charge in [-0.2, -0.15) is 0 Å². The summed E-state index contributed by atoms with van der Waals surface area (Å²) >= 11 is 5.78. The largest absolute Gasteiger partial charge is 0.294 e. The van der Waals surface area contributed by atoms with Gasteiger partial charge >= 0.3 is 0 Å². The van der Waals surface area contributed by atoms with E-state index in [9.17, 15) is 4.79 Å². The number of nitrogens with zero attached hydrogens (tertiary/aromatic N) is 2. The lowest BCUT2D eigenvalue weighted by Gasteiger charge is -2.02. The molecule has 0 spiro atoms. The van der Waals surface area contributed by atoms with E-state index in [1.54, 1.807) is 6.07 Å². The van der Waals surface area contributed by atoms with E-state index >= 15 is 0 Å². The van der Waals surface area contributed by atoms with Crippen molar-refractivity contribution >= 4 is 17.4 Å². The molecule has 0 amide bonds. The molecule has 1 heterocycles. The number of halogens is 1. The standard InChI is InChI=1S/C12H9ClN2O/c1-8(16)10-7-11(14-15-12(10)13)9-5-3-2-4-6-9/h2-7H,1H3. The van der Waals surface area contributed by atoms with Crippen LogP contribution >= 0.6 is 11.6 Å². The van der Waals surface area contributed by atoms with Crippen molar-refractivity contribution in [3.63, 3.8) is 0 Å². The van der Waals surface area contributed by atoms with Crippen LogP contribution in [-0.2, 0) is 0 Å². The summed E-state index contributed by atoms with van der Waals surface area (Å²) in [5.74, 6) is -0.114. The van der Waals surface area contributed by atoms with Crippen LogP contribution in [0.25, 0.3) is 11.3 Å². The molecule has 0 radical (unpaired) electrons. The van der Waals surface area contributed by atoms with Gasteiger partial charge in [0.2, 0.25) is 0 Å². The van der Waals surface area contributed by atoms with Crippen molar-refractivity contribution in [1.29, 1.82) is 0 Å². The van der Waals surface area contributed by atoms with Gasteiger partial charge in [-0.3, -0.25) is 4.79 Å². The first-order chi connectivity index (χ1) is 7.68. The lowest BCUT2D eigenvalue weighted by Crippen LogP contribution is -1.99. The normalized spacial score (nSPS) is 10.1. The lowest BCUT2D eigenvalue weighted by molar-refractivity contribution is 0.101. The van der Waals surface area contributed by atoms with Crippen LogP contribution in [0, 0.1) is 0 Å². The number of carbonyl (C=O) groups is 1. The third kappa shape index (κ3) is 2.09. The number of hydrogen-bond acceptors (Lipinski definition) is 3. The molecule has 4 heteroatoms. The molecule has 0 bridgehead atoms. The predicted octanol–water partition coefficient (Wildman–Crippen LogP) is 3.00. The molecule has 0 N–H and O–H groups in total. The number of carbonyl (C=O) groups excluding carboxylic acids is 1. The summed E-state index contributed by atoms with van der Waals surface area (Å²) in [5, 5.41) is 7.87. The van der Waals surface area contributed by atoms with E-state index < -0.39 is 0 Å². The minimum absolute atomic E-state index is 0.114. The number of benzene rings is 1. The second-order valence-electron chi connectivity index (χ2n) is 3.36. The van der Waals surface area contributed by atoms with Gasteiger partial charge in [0.05, 0.1) is 11.3 Å². The third-order valence-corrected chi connectivity index (χ3v) is 2.48. The van der Waals surface area contributed by atoms with Crippen LogP contribution in [-0.4, -0.2) is 16.0 Å². The van der Waals surface area contributed by atoms with E-state index in [0.29, 0.717) is 11.3 Å². The van der Waals surface area contributed by atoms with Crippen LogP contribution in [0.1, 0.15) is 17.3 Å². The first-order valence-electron chi connectivity index (χ1n) is 4.78. The van der Waals surface area contributed by atoms with E-state index in [2.05, 4.69) is 10.2 Å². The minimum atomic E-state index is -0.114. The molecule has 2 rings (SSSR count). The zero-order chi connectivity index (χ0) is 11.5. The van der Waals surface area contributed by atoms with Crippen LogP contribution in [0.3, 0.4) is 0 Å². The maximum atomic E-state index is 11.3. The quantitative estimate of drug-likeness (QED) is 0.748. The van der Waals surface area contributed by atoms with Crippen LogP contribution in [0.15, 0.2) is 36.4 Å². The van der Waals surface area contributed by atoms with Crippen molar-refractivity contribution in [3.05, 3.63) is 47.1 Å². The highest BCUT2D eigenvalue weighted by atomic mass is 35.5. The summed E-state index contributed by atoms with van der Waals surface area (Å²) in [4.78, 5) is 11.3. The fraction of sp³-hybridized carbons (Fsp3) is 0.0833. The molecule has 0 unspecified atom stereocenters. The second kappa shape index (κ2) is 4.41. The summed E-state index contributed by atoms with van der Waals surface area (Å²) in [7, 11) is 0. The van der Waals surface area contributed by atoms with Gasteiger partial charge in [-0.1, -0.05) is 41.9 Å². The Kier molecular flexibility index (Phi) is 2.97. The Hall–Kier alpha value is -1.74. The van der Waals surface area contributed by atoms with E-state index in [1.165, 1.54) is 6.92 Å². The zero-order valence-corrected chi connectivity index (χ0v) is 9.40. The average molecular weight is 233 g/mol. The molecule has 0 saturated carbocycles. The molecule has 0 saturated heterocycles. The molecule has 0 aliphatic heterocycles. The number of aromatic nitrogens is 2. The van der Waals surface area contributed by atoms with Gasteiger partial charge in [0.1, 0.15) is 0 Å². The fourth-order valence-corrected chi connectivity index (χ4v) is 1.60. The fourth-order valence-electron chi connectivity index (χ4n) is 1.37. The molecule has 1 aromatic heterocycles. The number of Topliss-reactive ketones (excluding diaryl/α,β-unsaturated/α-hetero) is 1. The molecule has 0 aliphatic carbocycles. The molecule has 16 heavy (non-hydrogen) atoms. The van der Waals surface area contributed by atoms with Crippen molar-refractivity contribution in [2.75, 3.05) is 0 Å². The van der Waals surface area contributed by atoms with Gasteiger partial charge in [-0.15, -0.1) is 10.2 Å². The maximum Gasteiger partial charge on any atom is 0.163 e. The van der Waals surface area contributed by atoms with Gasteiger partial charge < -0.3 is 0 Å². The van der Waals surface area contributed by atoms with Gasteiger partial charge in [-0.05, 0) is 13.0 Å². The lowest BCUT2D eigenvalue weighted by atomic mass is 10.1. The average Bonchev–Trinajstić information content (AvgIpc) is 2.30. The van der Waals surface area contributed by atoms with Crippen molar-refractivity contribution in [2.24, 2.45) is 0 Å². The van der Waals surface area contributed by atoms with Crippen molar-refractivity contribution in [3.8, 4) is 11.3 Å². The zero-order valence-electron chi connectivity index (χ0n) is 8.64. The number of ketones is 1. The Balaban J connectivity index is 2.52. The van der Waals surface area contributed by atoms with Gasteiger partial charge in [0.15, 0.2) is 10.9 Å². The summed E-state index contributed by atoms with van der Waals surface area (Å²) < 4.78 is 0. The van der Waals surface area contributed by atoms with Crippen molar-refractivity contribution < 1.29 is 4.79 Å². The Morgan fingerprint density at radius 3 is 2.50 bits per heavy atom. The van der Waals surface area contributed by atoms with E-state index in [0.717, 1.165) is 5.56 Å². The van der Waals surface area contributed by atoms with E-state index in [1.807, 2.05) is 30.3 Å². The topological polar surface area (TPSA) is 42.9 Å². The van der Waals surface area contributed by atoms with E-state index in [4.69, 9.17) is 11.6 Å². The summed E-state index contributed by atoms with van der Waals surface area (Å²) in [6.45, 7) is 1.46. The summed E-state index contributed by atoms with van der Waals surface area (Å²) in [6.07, 6.45) is 0. The molecule has 2 aromatic rings. The first-order valence-corrected chi connectivity index (χ1v) is 5.16. The first kappa shape index (κ1) is 10.8. The van der Waals surface area contributed by atoms with Gasteiger partial charge in [0, 0.05) is 5.56 Å². The summed E-state index contributed by atoms with van der Waals surface area (Å²) in [6, 6.07) is 11.2. The molecular formula is C12H9ClN2O. The molecule has 80 valence electrons. The van der Waals surface area contributed by atoms with Crippen molar-refractivity contribution in [2.45, 2.75) is 6.92 Å². The van der Waals surface area contributed by atoms with Crippen LogP contribution in [0.5, 0.6) is 0 Å². The Morgan fingerprint density at radius 2 is 1.88 bits per heavy atom. The molecule has 0 atom stereocenters. The highest BCUT2D eigenvalue weighted by molar-refractivity contribution is 6.32. The smallest absolute Gasteiger partial charge is 0.163 e. The van der Waals surface area contributed by atoms with Crippen LogP contribution in [0.4, 0.5) is 0 Å². The molecular weight excluding hydrogens is 224 g/mol. The molecule has 1 aromatic carbocycles. The van der Waals surface area contributed by atoms with E-state index in [-0.39, 0.29) is 10.9 Å². The SMILES string of the molecule is CC(=O)c1cc(-c2ccccc2)nnc1Cl. The van der Waals surface area contributed by atoms with Crippen molar-refractivity contribution in [1.82, 2.24) is 10.2 Å².